The second kappa shape index (κ2) is 8.56. The molecule has 2 aromatic carbocycles. The fraction of sp³-hybridized carbons (Fsp3) is 0.286. The Morgan fingerprint density at radius 3 is 2.46 bits per heavy atom. The molecule has 0 fully saturated rings. The molecule has 0 unspecified atom stereocenters. The third-order valence-electron chi connectivity index (χ3n) is 4.46. The average molecular weight is 399 g/mol. The van der Waals surface area contributed by atoms with Gasteiger partial charge in [0.15, 0.2) is 11.0 Å². The van der Waals surface area contributed by atoms with E-state index in [1.807, 2.05) is 51.1 Å². The number of hydrogen-bond donors (Lipinski definition) is 1. The number of halogens is 1. The molecule has 1 amide bonds. The minimum absolute atomic E-state index is 0.0769. The van der Waals surface area contributed by atoms with Gasteiger partial charge in [-0.15, -0.1) is 10.2 Å². The molecule has 0 atom stereocenters. The average Bonchev–Trinajstić information content (AvgIpc) is 3.11. The molecule has 0 aliphatic heterocycles. The normalized spacial score (nSPS) is 11.4. The highest BCUT2D eigenvalue weighted by atomic mass is 32.2. The van der Waals surface area contributed by atoms with Crippen molar-refractivity contribution in [3.05, 3.63) is 60.4 Å². The number of amides is 1. The molecule has 0 saturated carbocycles. The zero-order valence-electron chi connectivity index (χ0n) is 16.1. The molecule has 1 aromatic heterocycles. The number of carbonyl (C=O) groups excluding carboxylic acids is 1. The van der Waals surface area contributed by atoms with Gasteiger partial charge in [-0.3, -0.25) is 9.36 Å². The van der Waals surface area contributed by atoms with Crippen molar-refractivity contribution in [2.75, 3.05) is 5.75 Å². The molecule has 1 N–H and O–H groups in total. The molecule has 0 spiro atoms. The van der Waals surface area contributed by atoms with Crippen LogP contribution in [0.1, 0.15) is 27.2 Å². The van der Waals surface area contributed by atoms with Gasteiger partial charge in [0.05, 0.1) is 11.3 Å². The Hall–Kier alpha value is -2.67. The van der Waals surface area contributed by atoms with Gasteiger partial charge in [-0.25, -0.2) is 4.39 Å². The Labute approximate surface area is 168 Å². The molecule has 0 aliphatic rings. The minimum atomic E-state index is -0.369. The number of nitrogens with zero attached hydrogens (tertiary/aromatic N) is 3. The Kier molecular flexibility index (Phi) is 6.14. The van der Waals surface area contributed by atoms with E-state index in [-0.39, 0.29) is 23.0 Å². The van der Waals surface area contributed by atoms with Gasteiger partial charge in [0.25, 0.3) is 0 Å². The standard InChI is InChI=1S/C21H23FN4OS/c1-4-21(2,3)23-18(27)14-28-20-25-24-19(16-12-8-9-13-17(16)22)26(20)15-10-6-5-7-11-15/h5-13H,4,14H2,1-3H3,(H,23,27). The van der Waals surface area contributed by atoms with Crippen LogP contribution in [0.25, 0.3) is 17.1 Å². The van der Waals surface area contributed by atoms with E-state index in [1.54, 1.807) is 22.8 Å². The van der Waals surface area contributed by atoms with Gasteiger partial charge in [-0.2, -0.15) is 0 Å². The van der Waals surface area contributed by atoms with Crippen molar-refractivity contribution in [2.24, 2.45) is 0 Å². The monoisotopic (exact) mass is 398 g/mol. The summed E-state index contributed by atoms with van der Waals surface area (Å²) in [6.45, 7) is 6.00. The quantitative estimate of drug-likeness (QED) is 0.597. The Morgan fingerprint density at radius 1 is 1.11 bits per heavy atom. The number of benzene rings is 2. The van der Waals surface area contributed by atoms with E-state index in [0.29, 0.717) is 16.5 Å². The molecule has 28 heavy (non-hydrogen) atoms. The fourth-order valence-electron chi connectivity index (χ4n) is 2.62. The topological polar surface area (TPSA) is 59.8 Å². The summed E-state index contributed by atoms with van der Waals surface area (Å²) in [6, 6.07) is 16.0. The van der Waals surface area contributed by atoms with Gasteiger partial charge in [-0.1, -0.05) is 49.0 Å². The van der Waals surface area contributed by atoms with E-state index in [0.717, 1.165) is 12.1 Å². The molecule has 7 heteroatoms. The summed E-state index contributed by atoms with van der Waals surface area (Å²) in [6.07, 6.45) is 0.834. The lowest BCUT2D eigenvalue weighted by Crippen LogP contribution is -2.43. The maximum absolute atomic E-state index is 14.4. The van der Waals surface area contributed by atoms with Crippen LogP contribution in [-0.2, 0) is 4.79 Å². The molecular weight excluding hydrogens is 375 g/mol. The van der Waals surface area contributed by atoms with Crippen molar-refractivity contribution in [1.29, 1.82) is 0 Å². The van der Waals surface area contributed by atoms with E-state index in [2.05, 4.69) is 15.5 Å². The number of para-hydroxylation sites is 1. The van der Waals surface area contributed by atoms with Gasteiger partial charge < -0.3 is 5.32 Å². The Bertz CT molecular complexity index is 956. The van der Waals surface area contributed by atoms with Gasteiger partial charge in [0.1, 0.15) is 5.82 Å². The molecule has 5 nitrogen and oxygen atoms in total. The van der Waals surface area contributed by atoms with Crippen molar-refractivity contribution in [3.63, 3.8) is 0 Å². The Morgan fingerprint density at radius 2 is 1.79 bits per heavy atom. The first-order valence-corrected chi connectivity index (χ1v) is 10.1. The lowest BCUT2D eigenvalue weighted by molar-refractivity contribution is -0.120. The van der Waals surface area contributed by atoms with Crippen molar-refractivity contribution < 1.29 is 9.18 Å². The molecule has 146 valence electrons. The second-order valence-electron chi connectivity index (χ2n) is 7.03. The number of hydrogen-bond acceptors (Lipinski definition) is 4. The third-order valence-corrected chi connectivity index (χ3v) is 5.39. The predicted octanol–water partition coefficient (Wildman–Crippen LogP) is 4.47. The van der Waals surface area contributed by atoms with Crippen molar-refractivity contribution in [3.8, 4) is 17.1 Å². The number of nitrogens with one attached hydrogen (secondary N) is 1. The first kappa shape index (κ1) is 20.1. The highest BCUT2D eigenvalue weighted by Gasteiger charge is 2.21. The zero-order chi connectivity index (χ0) is 20.1. The first-order valence-electron chi connectivity index (χ1n) is 9.11. The summed E-state index contributed by atoms with van der Waals surface area (Å²) in [5.41, 5.74) is 0.910. The molecule has 3 rings (SSSR count). The van der Waals surface area contributed by atoms with Crippen LogP contribution in [0.2, 0.25) is 0 Å². The highest BCUT2D eigenvalue weighted by molar-refractivity contribution is 7.99. The number of aromatic nitrogens is 3. The van der Waals surface area contributed by atoms with E-state index in [9.17, 15) is 9.18 Å². The summed E-state index contributed by atoms with van der Waals surface area (Å²) < 4.78 is 16.1. The van der Waals surface area contributed by atoms with Gasteiger partial charge in [0.2, 0.25) is 5.91 Å². The van der Waals surface area contributed by atoms with Crippen LogP contribution in [0, 0.1) is 5.82 Å². The van der Waals surface area contributed by atoms with Gasteiger partial charge >= 0.3 is 0 Å². The van der Waals surface area contributed by atoms with Crippen LogP contribution < -0.4 is 5.32 Å². The smallest absolute Gasteiger partial charge is 0.230 e. The van der Waals surface area contributed by atoms with Gasteiger partial charge in [-0.05, 0) is 44.5 Å². The number of rotatable bonds is 7. The van der Waals surface area contributed by atoms with Crippen LogP contribution in [0.4, 0.5) is 4.39 Å². The van der Waals surface area contributed by atoms with E-state index in [4.69, 9.17) is 0 Å². The molecular formula is C21H23FN4OS. The maximum atomic E-state index is 14.4. The van der Waals surface area contributed by atoms with Crippen LogP contribution in [0.15, 0.2) is 59.8 Å². The Balaban J connectivity index is 1.92. The lowest BCUT2D eigenvalue weighted by atomic mass is 10.0. The van der Waals surface area contributed by atoms with Crippen molar-refractivity contribution >= 4 is 17.7 Å². The molecule has 3 aromatic rings. The van der Waals surface area contributed by atoms with Gasteiger partial charge in [0, 0.05) is 11.2 Å². The fourth-order valence-corrected chi connectivity index (χ4v) is 3.37. The summed E-state index contributed by atoms with van der Waals surface area (Å²) in [4.78, 5) is 12.3. The molecule has 0 aliphatic carbocycles. The third kappa shape index (κ3) is 4.59. The second-order valence-corrected chi connectivity index (χ2v) is 7.97. The molecule has 0 radical (unpaired) electrons. The summed E-state index contributed by atoms with van der Waals surface area (Å²) in [7, 11) is 0. The minimum Gasteiger partial charge on any atom is -0.351 e. The maximum Gasteiger partial charge on any atom is 0.230 e. The number of carbonyl (C=O) groups is 1. The summed E-state index contributed by atoms with van der Waals surface area (Å²) >= 11 is 1.28. The van der Waals surface area contributed by atoms with E-state index < -0.39 is 0 Å². The van der Waals surface area contributed by atoms with Crippen LogP contribution >= 0.6 is 11.8 Å². The first-order chi connectivity index (χ1) is 13.4. The molecule has 0 saturated heterocycles. The largest absolute Gasteiger partial charge is 0.351 e. The highest BCUT2D eigenvalue weighted by Crippen LogP contribution is 2.29. The van der Waals surface area contributed by atoms with Crippen LogP contribution in [0.3, 0.4) is 0 Å². The summed E-state index contributed by atoms with van der Waals surface area (Å²) in [5, 5.41) is 12.0. The zero-order valence-corrected chi connectivity index (χ0v) is 17.0. The molecule has 1 heterocycles. The number of thioether (sulfide) groups is 1. The van der Waals surface area contributed by atoms with Crippen LogP contribution in [-0.4, -0.2) is 32.0 Å². The predicted molar refractivity (Wildman–Crippen MR) is 110 cm³/mol. The van der Waals surface area contributed by atoms with E-state index >= 15 is 0 Å². The van der Waals surface area contributed by atoms with E-state index in [1.165, 1.54) is 17.8 Å². The van der Waals surface area contributed by atoms with Crippen molar-refractivity contribution in [1.82, 2.24) is 20.1 Å². The van der Waals surface area contributed by atoms with Crippen LogP contribution in [0.5, 0.6) is 0 Å². The SMILES string of the molecule is CCC(C)(C)NC(=O)CSc1nnc(-c2ccccc2F)n1-c1ccccc1. The summed E-state index contributed by atoms with van der Waals surface area (Å²) in [5.74, 6) is 0.158. The lowest BCUT2D eigenvalue weighted by Gasteiger charge is -2.24. The molecule has 0 bridgehead atoms. The van der Waals surface area contributed by atoms with Crippen molar-refractivity contribution in [2.45, 2.75) is 37.9 Å².